The maximum atomic E-state index is 12.8. The predicted molar refractivity (Wildman–Crippen MR) is 94.6 cm³/mol. The zero-order chi connectivity index (χ0) is 15.1. The maximum Gasteiger partial charge on any atom is 0.230 e. The first-order valence-corrected chi connectivity index (χ1v) is 8.30. The smallest absolute Gasteiger partial charge is 0.230 e. The molecule has 1 aliphatic rings. The summed E-state index contributed by atoms with van der Waals surface area (Å²) in [6.07, 6.45) is 3.13. The van der Waals surface area contributed by atoms with Crippen molar-refractivity contribution in [3.8, 4) is 0 Å². The average molecular weight is 325 g/mol. The standard InChI is InChI=1S/C18H28N2O.ClH/c1-3-17(16-8-6-5-7-9-16)18(21)20-12-10-15(11-13-20)14-19-4-2;/h5-9,15,17,19H,3-4,10-14H2,1-2H3;1H. The molecule has 4 heteroatoms. The maximum absolute atomic E-state index is 12.8. The molecule has 1 unspecified atom stereocenters. The van der Waals surface area contributed by atoms with Crippen LogP contribution in [0.1, 0.15) is 44.6 Å². The number of carbonyl (C=O) groups excluding carboxylic acids is 1. The van der Waals surface area contributed by atoms with Crippen molar-refractivity contribution in [2.45, 2.75) is 39.0 Å². The van der Waals surface area contributed by atoms with E-state index in [1.54, 1.807) is 0 Å². The van der Waals surface area contributed by atoms with Gasteiger partial charge in [-0.2, -0.15) is 0 Å². The number of likely N-dealkylation sites (tertiary alicyclic amines) is 1. The van der Waals surface area contributed by atoms with E-state index in [2.05, 4.69) is 36.2 Å². The highest BCUT2D eigenvalue weighted by Crippen LogP contribution is 2.25. The summed E-state index contributed by atoms with van der Waals surface area (Å²) in [5, 5.41) is 3.42. The summed E-state index contributed by atoms with van der Waals surface area (Å²) in [6, 6.07) is 10.2. The van der Waals surface area contributed by atoms with Crippen molar-refractivity contribution >= 4 is 18.3 Å². The van der Waals surface area contributed by atoms with Crippen LogP contribution in [0.15, 0.2) is 30.3 Å². The Morgan fingerprint density at radius 3 is 2.41 bits per heavy atom. The number of piperidine rings is 1. The van der Waals surface area contributed by atoms with E-state index < -0.39 is 0 Å². The van der Waals surface area contributed by atoms with Gasteiger partial charge in [-0.05, 0) is 43.8 Å². The van der Waals surface area contributed by atoms with Crippen LogP contribution in [0.3, 0.4) is 0 Å². The van der Waals surface area contributed by atoms with Gasteiger partial charge >= 0.3 is 0 Å². The Morgan fingerprint density at radius 1 is 1.23 bits per heavy atom. The van der Waals surface area contributed by atoms with E-state index in [-0.39, 0.29) is 18.3 Å². The molecule has 1 aromatic carbocycles. The Hall–Kier alpha value is -1.06. The van der Waals surface area contributed by atoms with Crippen molar-refractivity contribution < 1.29 is 4.79 Å². The second-order valence-corrected chi connectivity index (χ2v) is 5.95. The molecule has 0 aliphatic carbocycles. The molecule has 0 saturated carbocycles. The lowest BCUT2D eigenvalue weighted by atomic mass is 9.92. The molecule has 1 N–H and O–H groups in total. The number of benzene rings is 1. The van der Waals surface area contributed by atoms with Crippen molar-refractivity contribution in [2.24, 2.45) is 5.92 Å². The third-order valence-electron chi connectivity index (χ3n) is 4.52. The van der Waals surface area contributed by atoms with Crippen molar-refractivity contribution in [1.82, 2.24) is 10.2 Å². The molecule has 0 spiro atoms. The zero-order valence-electron chi connectivity index (χ0n) is 13.8. The minimum atomic E-state index is 0. The molecule has 1 aromatic rings. The van der Waals surface area contributed by atoms with Gasteiger partial charge in [-0.15, -0.1) is 12.4 Å². The van der Waals surface area contributed by atoms with Crippen LogP contribution in [-0.2, 0) is 4.79 Å². The Balaban J connectivity index is 0.00000242. The fourth-order valence-corrected chi connectivity index (χ4v) is 3.16. The van der Waals surface area contributed by atoms with Crippen molar-refractivity contribution in [2.75, 3.05) is 26.2 Å². The summed E-state index contributed by atoms with van der Waals surface area (Å²) in [6.45, 7) is 8.20. The minimum Gasteiger partial charge on any atom is -0.342 e. The van der Waals surface area contributed by atoms with Crippen molar-refractivity contribution in [1.29, 1.82) is 0 Å². The van der Waals surface area contributed by atoms with Gasteiger partial charge in [0.1, 0.15) is 0 Å². The SMILES string of the molecule is CCNCC1CCN(C(=O)C(CC)c2ccccc2)CC1.Cl. The molecular formula is C18H29ClN2O. The number of hydrogen-bond donors (Lipinski definition) is 1. The second kappa shape index (κ2) is 9.86. The molecule has 0 aromatic heterocycles. The number of halogens is 1. The molecule has 0 radical (unpaired) electrons. The third kappa shape index (κ3) is 4.99. The van der Waals surface area contributed by atoms with E-state index in [0.29, 0.717) is 5.91 Å². The van der Waals surface area contributed by atoms with E-state index >= 15 is 0 Å². The Morgan fingerprint density at radius 2 is 1.86 bits per heavy atom. The number of rotatable bonds is 6. The van der Waals surface area contributed by atoms with E-state index in [0.717, 1.165) is 56.9 Å². The molecule has 124 valence electrons. The lowest BCUT2D eigenvalue weighted by Gasteiger charge is -2.34. The molecule has 1 aliphatic heterocycles. The normalized spacial score (nSPS) is 16.9. The number of hydrogen-bond acceptors (Lipinski definition) is 2. The van der Waals surface area contributed by atoms with Crippen LogP contribution in [0.4, 0.5) is 0 Å². The lowest BCUT2D eigenvalue weighted by Crippen LogP contribution is -2.42. The monoisotopic (exact) mass is 324 g/mol. The lowest BCUT2D eigenvalue weighted by molar-refractivity contribution is -0.134. The summed E-state index contributed by atoms with van der Waals surface area (Å²) in [5.74, 6) is 1.06. The second-order valence-electron chi connectivity index (χ2n) is 5.95. The van der Waals surface area contributed by atoms with Crippen LogP contribution in [-0.4, -0.2) is 37.0 Å². The fourth-order valence-electron chi connectivity index (χ4n) is 3.16. The molecule has 0 bridgehead atoms. The third-order valence-corrected chi connectivity index (χ3v) is 4.52. The zero-order valence-corrected chi connectivity index (χ0v) is 14.6. The summed E-state index contributed by atoms with van der Waals surface area (Å²) < 4.78 is 0. The predicted octanol–water partition coefficient (Wildman–Crippen LogP) is 3.45. The van der Waals surface area contributed by atoms with Crippen LogP contribution >= 0.6 is 12.4 Å². The van der Waals surface area contributed by atoms with Crippen LogP contribution < -0.4 is 5.32 Å². The van der Waals surface area contributed by atoms with E-state index in [9.17, 15) is 4.79 Å². The molecule has 1 heterocycles. The van der Waals surface area contributed by atoms with E-state index in [1.165, 1.54) is 0 Å². The molecule has 1 amide bonds. The first-order valence-electron chi connectivity index (χ1n) is 8.30. The summed E-state index contributed by atoms with van der Waals surface area (Å²) >= 11 is 0. The van der Waals surface area contributed by atoms with Gasteiger partial charge in [0, 0.05) is 13.1 Å². The van der Waals surface area contributed by atoms with Gasteiger partial charge in [0.25, 0.3) is 0 Å². The number of carbonyl (C=O) groups is 1. The largest absolute Gasteiger partial charge is 0.342 e. The molecule has 1 atom stereocenters. The Bertz CT molecular complexity index is 430. The van der Waals surface area contributed by atoms with Gasteiger partial charge in [-0.3, -0.25) is 4.79 Å². The molecule has 2 rings (SSSR count). The topological polar surface area (TPSA) is 32.3 Å². The fraction of sp³-hybridized carbons (Fsp3) is 0.611. The van der Waals surface area contributed by atoms with Gasteiger partial charge in [0.05, 0.1) is 5.92 Å². The summed E-state index contributed by atoms with van der Waals surface area (Å²) in [4.78, 5) is 14.8. The molecule has 22 heavy (non-hydrogen) atoms. The van der Waals surface area contributed by atoms with Gasteiger partial charge in [-0.25, -0.2) is 0 Å². The summed E-state index contributed by atoms with van der Waals surface area (Å²) in [5.41, 5.74) is 1.15. The quantitative estimate of drug-likeness (QED) is 0.869. The molecular weight excluding hydrogens is 296 g/mol. The first-order chi connectivity index (χ1) is 10.3. The van der Waals surface area contributed by atoms with Gasteiger partial charge in [-0.1, -0.05) is 44.2 Å². The number of nitrogens with zero attached hydrogens (tertiary/aromatic N) is 1. The molecule has 1 saturated heterocycles. The first kappa shape index (κ1) is 19.0. The highest BCUT2D eigenvalue weighted by Gasteiger charge is 2.27. The molecule has 1 fully saturated rings. The van der Waals surface area contributed by atoms with Crippen LogP contribution in [0.25, 0.3) is 0 Å². The van der Waals surface area contributed by atoms with E-state index in [4.69, 9.17) is 0 Å². The average Bonchev–Trinajstić information content (AvgIpc) is 2.55. The van der Waals surface area contributed by atoms with Crippen molar-refractivity contribution in [3.05, 3.63) is 35.9 Å². The van der Waals surface area contributed by atoms with Crippen LogP contribution in [0.5, 0.6) is 0 Å². The van der Waals surface area contributed by atoms with E-state index in [1.807, 2.05) is 18.2 Å². The minimum absolute atomic E-state index is 0. The van der Waals surface area contributed by atoms with Crippen LogP contribution in [0.2, 0.25) is 0 Å². The number of amides is 1. The Kier molecular flexibility index (Phi) is 8.51. The van der Waals surface area contributed by atoms with Gasteiger partial charge in [0.2, 0.25) is 5.91 Å². The van der Waals surface area contributed by atoms with Gasteiger partial charge < -0.3 is 10.2 Å². The van der Waals surface area contributed by atoms with Gasteiger partial charge in [0.15, 0.2) is 0 Å². The number of nitrogens with one attached hydrogen (secondary N) is 1. The molecule has 3 nitrogen and oxygen atoms in total. The van der Waals surface area contributed by atoms with Crippen LogP contribution in [0, 0.1) is 5.92 Å². The van der Waals surface area contributed by atoms with Crippen molar-refractivity contribution in [3.63, 3.8) is 0 Å². The highest BCUT2D eigenvalue weighted by atomic mass is 35.5. The Labute approximate surface area is 140 Å². The highest BCUT2D eigenvalue weighted by molar-refractivity contribution is 5.85. The summed E-state index contributed by atoms with van der Waals surface area (Å²) in [7, 11) is 0.